The first-order chi connectivity index (χ1) is 9.66. The molecular formula is C16H17F2NO. The molecule has 1 aliphatic rings. The average Bonchev–Trinajstić information content (AvgIpc) is 2.63. The SMILES string of the molecule is Fc1ccccc1F.O[C@H]1CCCc2ncccc2C1. The van der Waals surface area contributed by atoms with Crippen molar-refractivity contribution in [2.24, 2.45) is 0 Å². The summed E-state index contributed by atoms with van der Waals surface area (Å²) in [6.45, 7) is 0. The molecule has 0 saturated heterocycles. The van der Waals surface area contributed by atoms with E-state index < -0.39 is 11.6 Å². The van der Waals surface area contributed by atoms with Gasteiger partial charge in [0.25, 0.3) is 0 Å². The zero-order valence-corrected chi connectivity index (χ0v) is 11.1. The number of rotatable bonds is 0. The molecule has 4 heteroatoms. The third-order valence-electron chi connectivity index (χ3n) is 3.22. The third kappa shape index (κ3) is 4.10. The number of pyridine rings is 1. The van der Waals surface area contributed by atoms with Crippen molar-refractivity contribution in [1.82, 2.24) is 4.98 Å². The Kier molecular flexibility index (Phi) is 5.18. The lowest BCUT2D eigenvalue weighted by molar-refractivity contribution is 0.165. The number of aromatic nitrogens is 1. The second-order valence-electron chi connectivity index (χ2n) is 4.77. The van der Waals surface area contributed by atoms with Gasteiger partial charge in [0.15, 0.2) is 11.6 Å². The highest BCUT2D eigenvalue weighted by atomic mass is 19.2. The van der Waals surface area contributed by atoms with Crippen LogP contribution in [0.25, 0.3) is 0 Å². The van der Waals surface area contributed by atoms with E-state index in [9.17, 15) is 13.9 Å². The quantitative estimate of drug-likeness (QED) is 0.750. The van der Waals surface area contributed by atoms with Crippen molar-refractivity contribution in [3.63, 3.8) is 0 Å². The molecule has 2 aromatic rings. The van der Waals surface area contributed by atoms with Gasteiger partial charge in [0.05, 0.1) is 6.10 Å². The van der Waals surface area contributed by atoms with Gasteiger partial charge in [-0.3, -0.25) is 4.98 Å². The van der Waals surface area contributed by atoms with Crippen LogP contribution in [0.1, 0.15) is 24.1 Å². The monoisotopic (exact) mass is 277 g/mol. The van der Waals surface area contributed by atoms with Crippen molar-refractivity contribution in [3.8, 4) is 0 Å². The number of hydrogen-bond donors (Lipinski definition) is 1. The van der Waals surface area contributed by atoms with Crippen LogP contribution in [0.15, 0.2) is 42.6 Å². The van der Waals surface area contributed by atoms with Crippen molar-refractivity contribution >= 4 is 0 Å². The van der Waals surface area contributed by atoms with Gasteiger partial charge >= 0.3 is 0 Å². The van der Waals surface area contributed by atoms with Gasteiger partial charge in [-0.1, -0.05) is 18.2 Å². The predicted octanol–water partition coefficient (Wildman–Crippen LogP) is 3.29. The lowest BCUT2D eigenvalue weighted by atomic mass is 10.1. The molecule has 0 fully saturated rings. The molecule has 20 heavy (non-hydrogen) atoms. The van der Waals surface area contributed by atoms with Crippen LogP contribution >= 0.6 is 0 Å². The minimum atomic E-state index is -0.799. The van der Waals surface area contributed by atoms with Crippen LogP contribution in [0.5, 0.6) is 0 Å². The standard InChI is InChI=1S/C10H13NO.C6H4F2/c12-9-4-1-5-10-8(7-9)3-2-6-11-10;7-5-3-1-2-4-6(5)8/h2-3,6,9,12H,1,4-5,7H2;1-4H/t9-;/m0./s1. The summed E-state index contributed by atoms with van der Waals surface area (Å²) >= 11 is 0. The minimum Gasteiger partial charge on any atom is -0.393 e. The Morgan fingerprint density at radius 2 is 1.75 bits per heavy atom. The molecule has 1 N–H and O–H groups in total. The first kappa shape index (κ1) is 14.6. The molecule has 1 atom stereocenters. The zero-order chi connectivity index (χ0) is 14.4. The Balaban J connectivity index is 0.000000160. The first-order valence-electron chi connectivity index (χ1n) is 6.67. The molecule has 2 nitrogen and oxygen atoms in total. The van der Waals surface area contributed by atoms with Crippen LogP contribution in [0, 0.1) is 11.6 Å². The van der Waals surface area contributed by atoms with E-state index in [0.717, 1.165) is 37.8 Å². The highest BCUT2D eigenvalue weighted by molar-refractivity contribution is 5.21. The van der Waals surface area contributed by atoms with Crippen molar-refractivity contribution in [2.75, 3.05) is 0 Å². The van der Waals surface area contributed by atoms with E-state index in [-0.39, 0.29) is 6.10 Å². The molecule has 0 saturated carbocycles. The topological polar surface area (TPSA) is 33.1 Å². The number of nitrogens with zero attached hydrogens (tertiary/aromatic N) is 1. The normalized spacial score (nSPS) is 17.4. The fourth-order valence-corrected chi connectivity index (χ4v) is 2.18. The summed E-state index contributed by atoms with van der Waals surface area (Å²) in [4.78, 5) is 4.30. The van der Waals surface area contributed by atoms with Gasteiger partial charge in [0, 0.05) is 18.3 Å². The third-order valence-corrected chi connectivity index (χ3v) is 3.22. The maximum Gasteiger partial charge on any atom is 0.158 e. The van der Waals surface area contributed by atoms with E-state index in [4.69, 9.17) is 0 Å². The Bertz CT molecular complexity index is 539. The van der Waals surface area contributed by atoms with E-state index in [1.165, 1.54) is 23.4 Å². The molecule has 0 spiro atoms. The molecule has 3 rings (SSSR count). The molecule has 0 aliphatic heterocycles. The first-order valence-corrected chi connectivity index (χ1v) is 6.67. The molecule has 0 bridgehead atoms. The summed E-state index contributed by atoms with van der Waals surface area (Å²) in [6, 6.07) is 9.05. The molecule has 1 aromatic heterocycles. The van der Waals surface area contributed by atoms with Crippen LogP contribution in [0.3, 0.4) is 0 Å². The Hall–Kier alpha value is -1.81. The number of hydrogen-bond acceptors (Lipinski definition) is 2. The van der Waals surface area contributed by atoms with Crippen LogP contribution in [0.2, 0.25) is 0 Å². The Morgan fingerprint density at radius 1 is 1.05 bits per heavy atom. The molecule has 106 valence electrons. The Labute approximate surface area is 117 Å². The van der Waals surface area contributed by atoms with Gasteiger partial charge in [-0.2, -0.15) is 0 Å². The van der Waals surface area contributed by atoms with Crippen LogP contribution in [0.4, 0.5) is 8.78 Å². The van der Waals surface area contributed by atoms with Gasteiger partial charge in [-0.25, -0.2) is 8.78 Å². The molecule has 0 radical (unpaired) electrons. The van der Waals surface area contributed by atoms with E-state index >= 15 is 0 Å². The van der Waals surface area contributed by atoms with Crippen LogP contribution in [-0.2, 0) is 12.8 Å². The van der Waals surface area contributed by atoms with E-state index in [1.54, 1.807) is 0 Å². The summed E-state index contributed by atoms with van der Waals surface area (Å²) in [6.07, 6.45) is 5.45. The number of halogens is 2. The molecule has 1 aliphatic carbocycles. The van der Waals surface area contributed by atoms with Crippen molar-refractivity contribution in [1.29, 1.82) is 0 Å². The van der Waals surface area contributed by atoms with E-state index in [1.807, 2.05) is 12.3 Å². The van der Waals surface area contributed by atoms with E-state index in [0.29, 0.717) is 0 Å². The zero-order valence-electron chi connectivity index (χ0n) is 11.1. The van der Waals surface area contributed by atoms with Crippen molar-refractivity contribution in [3.05, 3.63) is 65.5 Å². The summed E-state index contributed by atoms with van der Waals surface area (Å²) in [5.41, 5.74) is 2.40. The highest BCUT2D eigenvalue weighted by Crippen LogP contribution is 2.18. The number of aryl methyl sites for hydroxylation is 1. The average molecular weight is 277 g/mol. The van der Waals surface area contributed by atoms with Gasteiger partial charge in [-0.05, 0) is 43.0 Å². The number of benzene rings is 1. The van der Waals surface area contributed by atoms with Gasteiger partial charge in [0.2, 0.25) is 0 Å². The molecular weight excluding hydrogens is 260 g/mol. The summed E-state index contributed by atoms with van der Waals surface area (Å²) in [7, 11) is 0. The summed E-state index contributed by atoms with van der Waals surface area (Å²) in [5.74, 6) is -1.60. The van der Waals surface area contributed by atoms with Crippen LogP contribution < -0.4 is 0 Å². The van der Waals surface area contributed by atoms with E-state index in [2.05, 4.69) is 11.1 Å². The van der Waals surface area contributed by atoms with Gasteiger partial charge < -0.3 is 5.11 Å². The lowest BCUT2D eigenvalue weighted by Crippen LogP contribution is -2.08. The largest absolute Gasteiger partial charge is 0.393 e. The van der Waals surface area contributed by atoms with Crippen LogP contribution in [-0.4, -0.2) is 16.2 Å². The molecule has 1 aromatic carbocycles. The second kappa shape index (κ2) is 7.10. The highest BCUT2D eigenvalue weighted by Gasteiger charge is 2.14. The lowest BCUT2D eigenvalue weighted by Gasteiger charge is -2.05. The number of aliphatic hydroxyl groups excluding tert-OH is 1. The van der Waals surface area contributed by atoms with Gasteiger partial charge in [-0.15, -0.1) is 0 Å². The maximum absolute atomic E-state index is 11.9. The number of aliphatic hydroxyl groups is 1. The summed E-state index contributed by atoms with van der Waals surface area (Å²) in [5, 5.41) is 9.51. The predicted molar refractivity (Wildman–Crippen MR) is 73.2 cm³/mol. The fraction of sp³-hybridized carbons (Fsp3) is 0.312. The molecule has 0 amide bonds. The Morgan fingerprint density at radius 3 is 2.40 bits per heavy atom. The molecule has 1 heterocycles. The van der Waals surface area contributed by atoms with Crippen molar-refractivity contribution < 1.29 is 13.9 Å². The molecule has 0 unspecified atom stereocenters. The fourth-order valence-electron chi connectivity index (χ4n) is 2.18. The summed E-state index contributed by atoms with van der Waals surface area (Å²) < 4.78 is 23.9. The second-order valence-corrected chi connectivity index (χ2v) is 4.77. The van der Waals surface area contributed by atoms with Gasteiger partial charge in [0.1, 0.15) is 0 Å². The van der Waals surface area contributed by atoms with Crippen molar-refractivity contribution in [2.45, 2.75) is 31.8 Å². The smallest absolute Gasteiger partial charge is 0.158 e. The number of fused-ring (bicyclic) bond motifs is 1. The maximum atomic E-state index is 11.9. The minimum absolute atomic E-state index is 0.157.